The second-order valence-corrected chi connectivity index (χ2v) is 5.25. The number of nitrogens with zero attached hydrogens (tertiary/aromatic N) is 1. The second-order valence-electron chi connectivity index (χ2n) is 4.22. The summed E-state index contributed by atoms with van der Waals surface area (Å²) >= 11 is 1.81. The zero-order chi connectivity index (χ0) is 12.3. The maximum absolute atomic E-state index is 4.66. The highest BCUT2D eigenvalue weighted by atomic mass is 32.1. The molecule has 3 nitrogen and oxygen atoms in total. The Morgan fingerprint density at radius 3 is 2.94 bits per heavy atom. The van der Waals surface area contributed by atoms with E-state index >= 15 is 0 Å². The van der Waals surface area contributed by atoms with Crippen molar-refractivity contribution in [2.24, 2.45) is 0 Å². The van der Waals surface area contributed by atoms with Crippen LogP contribution in [0.4, 0.5) is 0 Å². The summed E-state index contributed by atoms with van der Waals surface area (Å²) in [6.07, 6.45) is 3.09. The van der Waals surface area contributed by atoms with Gasteiger partial charge in [0.2, 0.25) is 0 Å². The van der Waals surface area contributed by atoms with E-state index in [9.17, 15) is 0 Å². The molecule has 0 bridgehead atoms. The molecule has 0 amide bonds. The first kappa shape index (κ1) is 12.3. The molecule has 0 radical (unpaired) electrons. The first-order chi connectivity index (χ1) is 8.26. The Labute approximate surface area is 106 Å². The zero-order valence-corrected chi connectivity index (χ0v) is 11.4. The lowest BCUT2D eigenvalue weighted by atomic mass is 10.0. The van der Waals surface area contributed by atoms with E-state index in [2.05, 4.69) is 35.2 Å². The van der Waals surface area contributed by atoms with Crippen LogP contribution in [0.5, 0.6) is 0 Å². The van der Waals surface area contributed by atoms with Gasteiger partial charge in [-0.15, -0.1) is 11.3 Å². The maximum atomic E-state index is 4.66. The molecule has 92 valence electrons. The van der Waals surface area contributed by atoms with Crippen molar-refractivity contribution in [1.82, 2.24) is 15.3 Å². The molecule has 17 heavy (non-hydrogen) atoms. The second kappa shape index (κ2) is 5.47. The highest BCUT2D eigenvalue weighted by molar-refractivity contribution is 7.15. The lowest BCUT2D eigenvalue weighted by Crippen LogP contribution is -2.16. The highest BCUT2D eigenvalue weighted by Crippen LogP contribution is 2.33. The monoisotopic (exact) mass is 249 g/mol. The predicted octanol–water partition coefficient (Wildman–Crippen LogP) is 3.16. The summed E-state index contributed by atoms with van der Waals surface area (Å²) in [5.74, 6) is 0.571. The summed E-state index contributed by atoms with van der Waals surface area (Å²) in [5.41, 5.74) is 2.28. The van der Waals surface area contributed by atoms with Gasteiger partial charge in [-0.3, -0.25) is 0 Å². The van der Waals surface area contributed by atoms with E-state index in [0.29, 0.717) is 5.92 Å². The van der Waals surface area contributed by atoms with Crippen LogP contribution in [0.25, 0.3) is 10.7 Å². The van der Waals surface area contributed by atoms with E-state index in [4.69, 9.17) is 0 Å². The fourth-order valence-corrected chi connectivity index (χ4v) is 3.27. The Bertz CT molecular complexity index is 459. The smallest absolute Gasteiger partial charge is 0.140 e. The summed E-state index contributed by atoms with van der Waals surface area (Å²) in [6.45, 7) is 5.36. The molecule has 2 N–H and O–H groups in total. The zero-order valence-electron chi connectivity index (χ0n) is 10.6. The van der Waals surface area contributed by atoms with Crippen LogP contribution >= 0.6 is 11.3 Å². The van der Waals surface area contributed by atoms with Gasteiger partial charge in [-0.25, -0.2) is 4.98 Å². The number of aryl methyl sites for hydroxylation is 1. The van der Waals surface area contributed by atoms with Gasteiger partial charge in [0, 0.05) is 23.5 Å². The van der Waals surface area contributed by atoms with Crippen molar-refractivity contribution in [3.05, 3.63) is 28.9 Å². The van der Waals surface area contributed by atoms with Gasteiger partial charge in [-0.1, -0.05) is 6.92 Å². The fourth-order valence-electron chi connectivity index (χ4n) is 2.03. The summed E-state index contributed by atoms with van der Waals surface area (Å²) in [7, 11) is 2.00. The van der Waals surface area contributed by atoms with Gasteiger partial charge in [-0.05, 0) is 32.5 Å². The van der Waals surface area contributed by atoms with E-state index in [1.54, 1.807) is 0 Å². The molecule has 1 atom stereocenters. The molecule has 0 spiro atoms. The average Bonchev–Trinajstić information content (AvgIpc) is 2.95. The van der Waals surface area contributed by atoms with Crippen LogP contribution in [0.1, 0.15) is 29.8 Å². The van der Waals surface area contributed by atoms with Gasteiger partial charge in [0.25, 0.3) is 0 Å². The van der Waals surface area contributed by atoms with Crippen molar-refractivity contribution in [2.75, 3.05) is 13.6 Å². The SMILES string of the molecule is CCC(CNC)c1sc(-c2ccc[nH]2)nc1C. The third-order valence-electron chi connectivity index (χ3n) is 2.97. The molecule has 0 aromatic carbocycles. The Morgan fingerprint density at radius 1 is 1.53 bits per heavy atom. The van der Waals surface area contributed by atoms with Crippen LogP contribution in [-0.2, 0) is 0 Å². The van der Waals surface area contributed by atoms with Crippen molar-refractivity contribution in [2.45, 2.75) is 26.2 Å². The van der Waals surface area contributed by atoms with E-state index < -0.39 is 0 Å². The lowest BCUT2D eigenvalue weighted by molar-refractivity contribution is 0.616. The molecule has 2 aromatic heterocycles. The van der Waals surface area contributed by atoms with Crippen LogP contribution in [0, 0.1) is 6.92 Å². The van der Waals surface area contributed by atoms with Gasteiger partial charge in [-0.2, -0.15) is 0 Å². The minimum absolute atomic E-state index is 0.571. The van der Waals surface area contributed by atoms with Gasteiger partial charge in [0.05, 0.1) is 11.4 Å². The maximum Gasteiger partial charge on any atom is 0.140 e. The Balaban J connectivity index is 2.30. The molecular formula is C13H19N3S. The standard InChI is InChI=1S/C13H19N3S/c1-4-10(8-14-3)12-9(2)16-13(17-12)11-6-5-7-15-11/h5-7,10,14-15H,4,8H2,1-3H3. The molecule has 0 aliphatic carbocycles. The van der Waals surface area contributed by atoms with E-state index in [1.165, 1.54) is 10.6 Å². The first-order valence-electron chi connectivity index (χ1n) is 6.02. The largest absolute Gasteiger partial charge is 0.359 e. The topological polar surface area (TPSA) is 40.7 Å². The van der Waals surface area contributed by atoms with Crippen molar-refractivity contribution in [1.29, 1.82) is 0 Å². The van der Waals surface area contributed by atoms with Gasteiger partial charge in [0.15, 0.2) is 0 Å². The van der Waals surface area contributed by atoms with Crippen molar-refractivity contribution in [3.8, 4) is 10.7 Å². The molecule has 0 saturated heterocycles. The van der Waals surface area contributed by atoms with Crippen LogP contribution in [0.3, 0.4) is 0 Å². The van der Waals surface area contributed by atoms with Gasteiger partial charge < -0.3 is 10.3 Å². The Hall–Kier alpha value is -1.13. The number of aromatic nitrogens is 2. The van der Waals surface area contributed by atoms with Crippen molar-refractivity contribution in [3.63, 3.8) is 0 Å². The van der Waals surface area contributed by atoms with Crippen molar-refractivity contribution >= 4 is 11.3 Å². The number of likely N-dealkylation sites (N-methyl/N-ethyl adjacent to an activating group) is 1. The normalized spacial score (nSPS) is 12.9. The Kier molecular flexibility index (Phi) is 3.97. The average molecular weight is 249 g/mol. The third-order valence-corrected chi connectivity index (χ3v) is 4.33. The molecule has 0 saturated carbocycles. The summed E-state index contributed by atoms with van der Waals surface area (Å²) in [6, 6.07) is 4.08. The third kappa shape index (κ3) is 2.58. The summed E-state index contributed by atoms with van der Waals surface area (Å²) in [5, 5.41) is 4.35. The van der Waals surface area contributed by atoms with Crippen molar-refractivity contribution < 1.29 is 0 Å². The highest BCUT2D eigenvalue weighted by Gasteiger charge is 2.17. The minimum Gasteiger partial charge on any atom is -0.359 e. The van der Waals surface area contributed by atoms with Gasteiger partial charge in [0.1, 0.15) is 5.01 Å². The number of thiazole rings is 1. The molecule has 0 fully saturated rings. The summed E-state index contributed by atoms with van der Waals surface area (Å²) in [4.78, 5) is 9.29. The van der Waals surface area contributed by atoms with Crippen LogP contribution in [0.2, 0.25) is 0 Å². The number of rotatable bonds is 5. The molecule has 4 heteroatoms. The Morgan fingerprint density at radius 2 is 2.35 bits per heavy atom. The lowest BCUT2D eigenvalue weighted by Gasteiger charge is -2.12. The predicted molar refractivity (Wildman–Crippen MR) is 73.6 cm³/mol. The number of hydrogen-bond acceptors (Lipinski definition) is 3. The van der Waals surface area contributed by atoms with Crippen LogP contribution in [-0.4, -0.2) is 23.6 Å². The number of aromatic amines is 1. The number of H-pyrrole nitrogens is 1. The molecule has 2 aromatic rings. The van der Waals surface area contributed by atoms with Crippen LogP contribution < -0.4 is 5.32 Å². The first-order valence-corrected chi connectivity index (χ1v) is 6.83. The molecule has 2 heterocycles. The molecule has 0 aliphatic heterocycles. The minimum atomic E-state index is 0.571. The fraction of sp³-hybridized carbons (Fsp3) is 0.462. The molecular weight excluding hydrogens is 230 g/mol. The van der Waals surface area contributed by atoms with E-state index in [0.717, 1.165) is 23.7 Å². The van der Waals surface area contributed by atoms with Crippen LogP contribution in [0.15, 0.2) is 18.3 Å². The molecule has 1 unspecified atom stereocenters. The van der Waals surface area contributed by atoms with E-state index in [-0.39, 0.29) is 0 Å². The quantitative estimate of drug-likeness (QED) is 0.854. The molecule has 0 aliphatic rings. The number of hydrogen-bond donors (Lipinski definition) is 2. The van der Waals surface area contributed by atoms with E-state index in [1.807, 2.05) is 30.6 Å². The number of nitrogens with one attached hydrogen (secondary N) is 2. The van der Waals surface area contributed by atoms with Gasteiger partial charge >= 0.3 is 0 Å². The summed E-state index contributed by atoms with van der Waals surface area (Å²) < 4.78 is 0. The molecule has 2 rings (SSSR count).